The molecule has 1 aromatic heterocycles. The summed E-state index contributed by atoms with van der Waals surface area (Å²) in [6.45, 7) is 10.2. The largest absolute Gasteiger partial charge is 0.339 e. The first-order valence-electron chi connectivity index (χ1n) is 6.49. The Hall–Kier alpha value is -1.09. The van der Waals surface area contributed by atoms with E-state index in [0.717, 1.165) is 18.0 Å². The minimum Gasteiger partial charge on any atom is -0.339 e. The Labute approximate surface area is 114 Å². The lowest BCUT2D eigenvalue weighted by molar-refractivity contribution is -0.127. The molecule has 18 heavy (non-hydrogen) atoms. The van der Waals surface area contributed by atoms with E-state index in [1.807, 2.05) is 28.5 Å². The maximum atomic E-state index is 12.2. The highest BCUT2D eigenvalue weighted by molar-refractivity contribution is 7.10. The molecule has 3 heteroatoms. The number of amides is 1. The lowest BCUT2D eigenvalue weighted by Crippen LogP contribution is -2.35. The van der Waals surface area contributed by atoms with Crippen LogP contribution in [0.15, 0.2) is 23.6 Å². The first-order chi connectivity index (χ1) is 8.49. The number of carbonyl (C=O) groups excluding carboxylic acids is 1. The van der Waals surface area contributed by atoms with Gasteiger partial charge in [0.2, 0.25) is 5.91 Å². The maximum absolute atomic E-state index is 12.2. The van der Waals surface area contributed by atoms with Crippen molar-refractivity contribution < 1.29 is 4.79 Å². The van der Waals surface area contributed by atoms with Crippen LogP contribution in [0.25, 0.3) is 6.08 Å². The minimum atomic E-state index is 0.116. The third-order valence-electron chi connectivity index (χ3n) is 2.42. The molecule has 0 aliphatic rings. The van der Waals surface area contributed by atoms with Crippen LogP contribution in [0.3, 0.4) is 0 Å². The van der Waals surface area contributed by atoms with Gasteiger partial charge in [-0.15, -0.1) is 11.3 Å². The molecule has 0 aromatic carbocycles. The average Bonchev–Trinajstić information content (AvgIpc) is 2.76. The van der Waals surface area contributed by atoms with Crippen molar-refractivity contribution in [2.24, 2.45) is 11.8 Å². The molecule has 0 spiro atoms. The molecule has 0 radical (unpaired) electrons. The lowest BCUT2D eigenvalue weighted by atomic mass is 10.1. The zero-order valence-electron chi connectivity index (χ0n) is 11.7. The molecule has 0 atom stereocenters. The molecule has 0 aliphatic heterocycles. The first kappa shape index (κ1) is 15.0. The normalized spacial score (nSPS) is 11.7. The summed E-state index contributed by atoms with van der Waals surface area (Å²) in [4.78, 5) is 15.2. The van der Waals surface area contributed by atoms with Gasteiger partial charge in [-0.25, -0.2) is 0 Å². The molecule has 0 bridgehead atoms. The summed E-state index contributed by atoms with van der Waals surface area (Å²) in [5.74, 6) is 1.12. The van der Waals surface area contributed by atoms with E-state index in [-0.39, 0.29) is 5.91 Å². The standard InChI is InChI=1S/C15H23NOS/c1-12(2)10-16(11-13(3)4)15(17)8-7-14-6-5-9-18-14/h5-9,12-13H,10-11H2,1-4H3/b8-7+. The van der Waals surface area contributed by atoms with Crippen molar-refractivity contribution in [2.45, 2.75) is 27.7 Å². The highest BCUT2D eigenvalue weighted by Crippen LogP contribution is 2.11. The van der Waals surface area contributed by atoms with Gasteiger partial charge in [0.1, 0.15) is 0 Å². The van der Waals surface area contributed by atoms with Gasteiger partial charge in [-0.2, -0.15) is 0 Å². The fourth-order valence-electron chi connectivity index (χ4n) is 1.78. The van der Waals surface area contributed by atoms with Gasteiger partial charge in [-0.1, -0.05) is 33.8 Å². The van der Waals surface area contributed by atoms with Crippen molar-refractivity contribution in [1.29, 1.82) is 0 Å². The Kier molecular flexibility index (Phi) is 6.13. The van der Waals surface area contributed by atoms with Gasteiger partial charge in [0.15, 0.2) is 0 Å². The zero-order valence-corrected chi connectivity index (χ0v) is 12.5. The van der Waals surface area contributed by atoms with Crippen molar-refractivity contribution in [1.82, 2.24) is 4.90 Å². The van der Waals surface area contributed by atoms with Gasteiger partial charge in [-0.05, 0) is 29.4 Å². The summed E-state index contributed by atoms with van der Waals surface area (Å²) in [6, 6.07) is 4.01. The maximum Gasteiger partial charge on any atom is 0.246 e. The molecule has 1 heterocycles. The Morgan fingerprint density at radius 2 is 1.89 bits per heavy atom. The minimum absolute atomic E-state index is 0.116. The van der Waals surface area contributed by atoms with Gasteiger partial charge in [-0.3, -0.25) is 4.79 Å². The Balaban J connectivity index is 2.63. The third-order valence-corrected chi connectivity index (χ3v) is 3.25. The second-order valence-electron chi connectivity index (χ2n) is 5.38. The molecule has 0 unspecified atom stereocenters. The summed E-state index contributed by atoms with van der Waals surface area (Å²) in [5, 5.41) is 2.02. The molecule has 0 saturated heterocycles. The summed E-state index contributed by atoms with van der Waals surface area (Å²) in [6.07, 6.45) is 3.59. The van der Waals surface area contributed by atoms with Crippen molar-refractivity contribution in [3.05, 3.63) is 28.5 Å². The molecule has 0 fully saturated rings. The molecule has 1 amide bonds. The monoisotopic (exact) mass is 265 g/mol. The van der Waals surface area contributed by atoms with Crippen molar-refractivity contribution in [3.8, 4) is 0 Å². The summed E-state index contributed by atoms with van der Waals surface area (Å²) in [7, 11) is 0. The number of carbonyl (C=O) groups is 1. The van der Waals surface area contributed by atoms with Crippen LogP contribution >= 0.6 is 11.3 Å². The molecule has 100 valence electrons. The zero-order chi connectivity index (χ0) is 13.5. The van der Waals surface area contributed by atoms with Crippen LogP contribution < -0.4 is 0 Å². The van der Waals surface area contributed by atoms with Gasteiger partial charge in [0, 0.05) is 24.0 Å². The Bertz CT molecular complexity index is 369. The fourth-order valence-corrected chi connectivity index (χ4v) is 2.40. The van der Waals surface area contributed by atoms with E-state index in [1.54, 1.807) is 17.4 Å². The predicted molar refractivity (Wildman–Crippen MR) is 79.6 cm³/mol. The van der Waals surface area contributed by atoms with E-state index < -0.39 is 0 Å². The topological polar surface area (TPSA) is 20.3 Å². The van der Waals surface area contributed by atoms with Crippen molar-refractivity contribution in [3.63, 3.8) is 0 Å². The number of thiophene rings is 1. The van der Waals surface area contributed by atoms with Crippen LogP contribution in [0, 0.1) is 11.8 Å². The van der Waals surface area contributed by atoms with Crippen LogP contribution in [0.4, 0.5) is 0 Å². The summed E-state index contributed by atoms with van der Waals surface area (Å²) < 4.78 is 0. The smallest absolute Gasteiger partial charge is 0.246 e. The lowest BCUT2D eigenvalue weighted by Gasteiger charge is -2.25. The third kappa shape index (κ3) is 5.50. The number of nitrogens with zero attached hydrogens (tertiary/aromatic N) is 1. The molecule has 0 aliphatic carbocycles. The van der Waals surface area contributed by atoms with E-state index in [1.165, 1.54) is 0 Å². The number of hydrogen-bond donors (Lipinski definition) is 0. The Morgan fingerprint density at radius 3 is 2.33 bits per heavy atom. The predicted octanol–water partition coefficient (Wildman–Crippen LogP) is 3.90. The second-order valence-corrected chi connectivity index (χ2v) is 6.36. The van der Waals surface area contributed by atoms with Crippen LogP contribution in [0.1, 0.15) is 32.6 Å². The van der Waals surface area contributed by atoms with Crippen molar-refractivity contribution in [2.75, 3.05) is 13.1 Å². The van der Waals surface area contributed by atoms with Gasteiger partial charge in [0.05, 0.1) is 0 Å². The molecule has 0 saturated carbocycles. The summed E-state index contributed by atoms with van der Waals surface area (Å²) in [5.41, 5.74) is 0. The molecule has 2 nitrogen and oxygen atoms in total. The van der Waals surface area contributed by atoms with Gasteiger partial charge in [0.25, 0.3) is 0 Å². The first-order valence-corrected chi connectivity index (χ1v) is 7.37. The van der Waals surface area contributed by atoms with Crippen LogP contribution in [0.5, 0.6) is 0 Å². The quantitative estimate of drug-likeness (QED) is 0.714. The van der Waals surface area contributed by atoms with Crippen molar-refractivity contribution >= 4 is 23.3 Å². The molecule has 1 aromatic rings. The van der Waals surface area contributed by atoms with E-state index in [4.69, 9.17) is 0 Å². The average molecular weight is 265 g/mol. The number of rotatable bonds is 6. The van der Waals surface area contributed by atoms with E-state index in [0.29, 0.717) is 11.8 Å². The van der Waals surface area contributed by atoms with Crippen LogP contribution in [-0.2, 0) is 4.79 Å². The number of hydrogen-bond acceptors (Lipinski definition) is 2. The van der Waals surface area contributed by atoms with E-state index in [2.05, 4.69) is 27.7 Å². The highest BCUT2D eigenvalue weighted by atomic mass is 32.1. The highest BCUT2D eigenvalue weighted by Gasteiger charge is 2.13. The molecular weight excluding hydrogens is 242 g/mol. The SMILES string of the molecule is CC(C)CN(CC(C)C)C(=O)/C=C/c1cccs1. The van der Waals surface area contributed by atoms with Gasteiger partial charge < -0.3 is 4.90 Å². The fraction of sp³-hybridized carbons (Fsp3) is 0.533. The van der Waals surface area contributed by atoms with E-state index >= 15 is 0 Å². The van der Waals surface area contributed by atoms with Gasteiger partial charge >= 0.3 is 0 Å². The Morgan fingerprint density at radius 1 is 1.28 bits per heavy atom. The summed E-state index contributed by atoms with van der Waals surface area (Å²) >= 11 is 1.65. The molecular formula is C15H23NOS. The second kappa shape index (κ2) is 7.37. The molecule has 0 N–H and O–H groups in total. The van der Waals surface area contributed by atoms with Crippen LogP contribution in [-0.4, -0.2) is 23.9 Å². The molecule has 1 rings (SSSR count). The van der Waals surface area contributed by atoms with E-state index in [9.17, 15) is 4.79 Å². The van der Waals surface area contributed by atoms with Crippen LogP contribution in [0.2, 0.25) is 0 Å².